The van der Waals surface area contributed by atoms with Crippen molar-refractivity contribution in [2.45, 2.75) is 18.9 Å². The standard InChI is InChI=1S/C9H17NO6/c10-7(5-8(11)12)1-2-15-3-4-16-6-9(13)14/h7H,1-6,10H2,(H,11,12)(H,13,14). The molecule has 0 saturated heterocycles. The lowest BCUT2D eigenvalue weighted by atomic mass is 10.2. The van der Waals surface area contributed by atoms with Gasteiger partial charge in [-0.15, -0.1) is 0 Å². The summed E-state index contributed by atoms with van der Waals surface area (Å²) < 4.78 is 9.79. The molecule has 0 aromatic carbocycles. The first kappa shape index (κ1) is 14.8. The van der Waals surface area contributed by atoms with E-state index in [1.807, 2.05) is 0 Å². The van der Waals surface area contributed by atoms with E-state index in [-0.39, 0.29) is 26.2 Å². The molecular formula is C9H17NO6. The monoisotopic (exact) mass is 235 g/mol. The van der Waals surface area contributed by atoms with Crippen molar-refractivity contribution in [3.63, 3.8) is 0 Å². The maximum absolute atomic E-state index is 10.3. The van der Waals surface area contributed by atoms with E-state index in [1.54, 1.807) is 0 Å². The highest BCUT2D eigenvalue weighted by Gasteiger charge is 2.07. The van der Waals surface area contributed by atoms with Crippen LogP contribution in [0.3, 0.4) is 0 Å². The summed E-state index contributed by atoms with van der Waals surface area (Å²) >= 11 is 0. The van der Waals surface area contributed by atoms with Crippen LogP contribution >= 0.6 is 0 Å². The number of rotatable bonds is 10. The summed E-state index contributed by atoms with van der Waals surface area (Å²) in [7, 11) is 0. The second-order valence-electron chi connectivity index (χ2n) is 3.21. The minimum atomic E-state index is -1.02. The van der Waals surface area contributed by atoms with Gasteiger partial charge in [-0.1, -0.05) is 0 Å². The zero-order chi connectivity index (χ0) is 12.4. The van der Waals surface area contributed by atoms with E-state index in [4.69, 9.17) is 25.4 Å². The van der Waals surface area contributed by atoms with Gasteiger partial charge in [0.1, 0.15) is 6.61 Å². The fraction of sp³-hybridized carbons (Fsp3) is 0.778. The number of nitrogens with two attached hydrogens (primary N) is 1. The summed E-state index contributed by atoms with van der Waals surface area (Å²) in [6.07, 6.45) is 0.365. The van der Waals surface area contributed by atoms with Gasteiger partial charge in [-0.05, 0) is 6.42 Å². The van der Waals surface area contributed by atoms with Crippen LogP contribution in [-0.4, -0.2) is 54.6 Å². The first-order chi connectivity index (χ1) is 7.52. The Hall–Kier alpha value is -1.18. The fourth-order valence-electron chi connectivity index (χ4n) is 0.940. The molecule has 1 unspecified atom stereocenters. The van der Waals surface area contributed by atoms with Crippen LogP contribution < -0.4 is 5.73 Å². The summed E-state index contributed by atoms with van der Waals surface area (Å²) in [5, 5.41) is 16.6. The number of carbonyl (C=O) groups is 2. The minimum absolute atomic E-state index is 0.0845. The van der Waals surface area contributed by atoms with E-state index >= 15 is 0 Å². The SMILES string of the molecule is NC(CCOCCOCC(=O)O)CC(=O)O. The largest absolute Gasteiger partial charge is 0.481 e. The highest BCUT2D eigenvalue weighted by Crippen LogP contribution is 1.95. The van der Waals surface area contributed by atoms with Crippen LogP contribution in [0, 0.1) is 0 Å². The predicted octanol–water partition coefficient (Wildman–Crippen LogP) is -0.704. The van der Waals surface area contributed by atoms with Crippen LogP contribution in [0.1, 0.15) is 12.8 Å². The molecule has 7 nitrogen and oxygen atoms in total. The number of carboxylic acids is 2. The Morgan fingerprint density at radius 2 is 1.69 bits per heavy atom. The Morgan fingerprint density at radius 1 is 1.06 bits per heavy atom. The Bertz CT molecular complexity index is 220. The van der Waals surface area contributed by atoms with E-state index in [0.29, 0.717) is 13.0 Å². The molecule has 0 aromatic heterocycles. The van der Waals surface area contributed by atoms with Crippen LogP contribution in [0.5, 0.6) is 0 Å². The molecule has 16 heavy (non-hydrogen) atoms. The van der Waals surface area contributed by atoms with Crippen molar-refractivity contribution in [2.24, 2.45) is 5.73 Å². The van der Waals surface area contributed by atoms with Gasteiger partial charge in [0.15, 0.2) is 0 Å². The van der Waals surface area contributed by atoms with E-state index < -0.39 is 18.0 Å². The third kappa shape index (κ3) is 10.9. The third-order valence-corrected chi connectivity index (χ3v) is 1.67. The summed E-state index contributed by atoms with van der Waals surface area (Å²) in [6, 6.07) is -0.419. The van der Waals surface area contributed by atoms with E-state index in [2.05, 4.69) is 0 Å². The molecule has 0 bridgehead atoms. The molecular weight excluding hydrogens is 218 g/mol. The number of ether oxygens (including phenoxy) is 2. The number of aliphatic carboxylic acids is 2. The molecule has 0 spiro atoms. The van der Waals surface area contributed by atoms with Crippen LogP contribution in [0.25, 0.3) is 0 Å². The van der Waals surface area contributed by atoms with Crippen molar-refractivity contribution in [3.05, 3.63) is 0 Å². The Balaban J connectivity index is 3.20. The molecule has 0 fully saturated rings. The molecule has 0 aliphatic rings. The molecule has 94 valence electrons. The molecule has 0 amide bonds. The number of hydrogen-bond donors (Lipinski definition) is 3. The quantitative estimate of drug-likeness (QED) is 0.428. The van der Waals surface area contributed by atoms with Gasteiger partial charge >= 0.3 is 11.9 Å². The first-order valence-corrected chi connectivity index (χ1v) is 4.87. The van der Waals surface area contributed by atoms with Gasteiger partial charge in [0.05, 0.1) is 19.6 Å². The van der Waals surface area contributed by atoms with Gasteiger partial charge < -0.3 is 25.4 Å². The molecule has 4 N–H and O–H groups in total. The summed E-state index contributed by atoms with van der Waals surface area (Å²) in [4.78, 5) is 20.3. The number of carboxylic acid groups (broad SMARTS) is 2. The fourth-order valence-corrected chi connectivity index (χ4v) is 0.940. The maximum Gasteiger partial charge on any atom is 0.329 e. The van der Waals surface area contributed by atoms with Crippen molar-refractivity contribution in [1.82, 2.24) is 0 Å². The zero-order valence-electron chi connectivity index (χ0n) is 8.92. The van der Waals surface area contributed by atoms with Gasteiger partial charge in [-0.2, -0.15) is 0 Å². The topological polar surface area (TPSA) is 119 Å². The zero-order valence-corrected chi connectivity index (χ0v) is 8.92. The lowest BCUT2D eigenvalue weighted by molar-refractivity contribution is -0.142. The molecule has 0 radical (unpaired) electrons. The normalized spacial score (nSPS) is 12.3. The molecule has 0 aliphatic heterocycles. The van der Waals surface area contributed by atoms with Gasteiger partial charge in [-0.25, -0.2) is 4.79 Å². The molecule has 0 heterocycles. The summed E-state index contributed by atoms with van der Waals surface area (Å²) in [5.41, 5.74) is 5.49. The van der Waals surface area contributed by atoms with Crippen molar-refractivity contribution in [3.8, 4) is 0 Å². The van der Waals surface area contributed by atoms with Gasteiger partial charge in [0.2, 0.25) is 0 Å². The second kappa shape index (κ2) is 9.08. The predicted molar refractivity (Wildman–Crippen MR) is 54.1 cm³/mol. The average molecular weight is 235 g/mol. The van der Waals surface area contributed by atoms with Crippen molar-refractivity contribution >= 4 is 11.9 Å². The first-order valence-electron chi connectivity index (χ1n) is 4.87. The molecule has 7 heteroatoms. The summed E-state index contributed by atoms with van der Waals surface area (Å²) in [6.45, 7) is 0.459. The third-order valence-electron chi connectivity index (χ3n) is 1.67. The van der Waals surface area contributed by atoms with Gasteiger partial charge in [-0.3, -0.25) is 4.79 Å². The van der Waals surface area contributed by atoms with E-state index in [9.17, 15) is 9.59 Å². The summed E-state index contributed by atoms with van der Waals surface area (Å²) in [5.74, 6) is -1.96. The van der Waals surface area contributed by atoms with Gasteiger partial charge in [0, 0.05) is 12.6 Å². The van der Waals surface area contributed by atoms with Crippen LogP contribution in [0.2, 0.25) is 0 Å². The van der Waals surface area contributed by atoms with Gasteiger partial charge in [0.25, 0.3) is 0 Å². The van der Waals surface area contributed by atoms with Crippen LogP contribution in [0.4, 0.5) is 0 Å². The molecule has 0 saturated carbocycles. The highest BCUT2D eigenvalue weighted by atomic mass is 16.5. The Labute approximate surface area is 93.1 Å². The highest BCUT2D eigenvalue weighted by molar-refractivity contribution is 5.68. The van der Waals surface area contributed by atoms with Crippen molar-refractivity contribution in [2.75, 3.05) is 26.4 Å². The molecule has 0 rings (SSSR count). The number of hydrogen-bond acceptors (Lipinski definition) is 5. The van der Waals surface area contributed by atoms with Crippen molar-refractivity contribution < 1.29 is 29.3 Å². The van der Waals surface area contributed by atoms with E-state index in [1.165, 1.54) is 0 Å². The second-order valence-corrected chi connectivity index (χ2v) is 3.21. The maximum atomic E-state index is 10.3. The lowest BCUT2D eigenvalue weighted by Crippen LogP contribution is -2.25. The molecule has 0 aromatic rings. The van der Waals surface area contributed by atoms with Crippen LogP contribution in [-0.2, 0) is 19.1 Å². The smallest absolute Gasteiger partial charge is 0.329 e. The Morgan fingerprint density at radius 3 is 2.25 bits per heavy atom. The lowest BCUT2D eigenvalue weighted by Gasteiger charge is -2.09. The minimum Gasteiger partial charge on any atom is -0.481 e. The molecule has 0 aliphatic carbocycles. The Kier molecular flexibility index (Phi) is 8.41. The van der Waals surface area contributed by atoms with Crippen LogP contribution in [0.15, 0.2) is 0 Å². The molecule has 1 atom stereocenters. The van der Waals surface area contributed by atoms with E-state index in [0.717, 1.165) is 0 Å². The average Bonchev–Trinajstić information content (AvgIpc) is 2.14. The van der Waals surface area contributed by atoms with Crippen molar-refractivity contribution in [1.29, 1.82) is 0 Å².